The predicted octanol–water partition coefficient (Wildman–Crippen LogP) is 0.266. The predicted molar refractivity (Wildman–Crippen MR) is 109 cm³/mol. The smallest absolute Gasteiger partial charge is 0.298 e. The fraction of sp³-hybridized carbons (Fsp3) is 0.524. The van der Waals surface area contributed by atoms with Crippen molar-refractivity contribution in [1.29, 1.82) is 0 Å². The van der Waals surface area contributed by atoms with Crippen molar-refractivity contribution < 1.29 is 28.2 Å². The van der Waals surface area contributed by atoms with Crippen LogP contribution in [0.15, 0.2) is 23.2 Å². The van der Waals surface area contributed by atoms with Crippen LogP contribution in [0.4, 0.5) is 10.1 Å². The standard InChI is InChI=1S/C21H25FN4O5/c1-21(2)20-24-16(17(27)19(29)26(20)7-10-31-21)18(28)23-12-13-3-4-14(22)11-15(13)25-5-8-30-9-6-25/h3-4,11,16H,5-10,12H2,1-2H3,(H,23,28). The molecule has 3 heterocycles. The van der Waals surface area contributed by atoms with Crippen LogP contribution in [0.1, 0.15) is 19.4 Å². The van der Waals surface area contributed by atoms with Gasteiger partial charge in [0.1, 0.15) is 17.3 Å². The number of carbonyl (C=O) groups is 3. The molecule has 2 fully saturated rings. The Morgan fingerprint density at radius 2 is 1.97 bits per heavy atom. The number of benzene rings is 1. The van der Waals surface area contributed by atoms with E-state index >= 15 is 0 Å². The largest absolute Gasteiger partial charge is 0.378 e. The third-order valence-corrected chi connectivity index (χ3v) is 5.63. The minimum absolute atomic E-state index is 0.0677. The van der Waals surface area contributed by atoms with Crippen LogP contribution < -0.4 is 10.2 Å². The number of fused-ring (bicyclic) bond motifs is 1. The molecule has 0 radical (unpaired) electrons. The summed E-state index contributed by atoms with van der Waals surface area (Å²) in [5, 5.41) is 2.68. The molecule has 10 heteroatoms. The summed E-state index contributed by atoms with van der Waals surface area (Å²) in [7, 11) is 0. The van der Waals surface area contributed by atoms with E-state index in [9.17, 15) is 18.8 Å². The molecule has 4 rings (SSSR count). The Kier molecular flexibility index (Phi) is 5.76. The molecule has 1 aromatic carbocycles. The highest BCUT2D eigenvalue weighted by Gasteiger charge is 2.47. The molecule has 1 aromatic rings. The lowest BCUT2D eigenvalue weighted by Gasteiger charge is -2.41. The Morgan fingerprint density at radius 1 is 1.23 bits per heavy atom. The summed E-state index contributed by atoms with van der Waals surface area (Å²) >= 11 is 0. The van der Waals surface area contributed by atoms with Crippen molar-refractivity contribution in [2.24, 2.45) is 4.99 Å². The van der Waals surface area contributed by atoms with Crippen molar-refractivity contribution in [1.82, 2.24) is 10.2 Å². The van der Waals surface area contributed by atoms with E-state index in [1.165, 1.54) is 17.0 Å². The Hall–Kier alpha value is -2.85. The first-order valence-electron chi connectivity index (χ1n) is 10.2. The average Bonchev–Trinajstić information content (AvgIpc) is 2.75. The maximum absolute atomic E-state index is 13.9. The van der Waals surface area contributed by atoms with Crippen molar-refractivity contribution >= 4 is 29.1 Å². The summed E-state index contributed by atoms with van der Waals surface area (Å²) in [6.45, 7) is 6.35. The molecular formula is C21H25FN4O5. The minimum atomic E-state index is -1.47. The summed E-state index contributed by atoms with van der Waals surface area (Å²) in [4.78, 5) is 45.4. The van der Waals surface area contributed by atoms with Gasteiger partial charge in [-0.2, -0.15) is 0 Å². The van der Waals surface area contributed by atoms with Gasteiger partial charge in [0.05, 0.1) is 26.4 Å². The SMILES string of the molecule is CC1(C)OCCN2C(=O)C(=O)C(C(=O)NCc3ccc(F)cc3N3CCOCC3)N=C21. The molecule has 1 unspecified atom stereocenters. The van der Waals surface area contributed by atoms with Gasteiger partial charge >= 0.3 is 0 Å². The van der Waals surface area contributed by atoms with Gasteiger partial charge in [0, 0.05) is 25.3 Å². The molecule has 0 aliphatic carbocycles. The topological polar surface area (TPSA) is 101 Å². The second-order valence-electron chi connectivity index (χ2n) is 8.13. The molecule has 166 valence electrons. The van der Waals surface area contributed by atoms with E-state index in [2.05, 4.69) is 10.3 Å². The highest BCUT2D eigenvalue weighted by atomic mass is 19.1. The third-order valence-electron chi connectivity index (χ3n) is 5.63. The van der Waals surface area contributed by atoms with E-state index in [0.717, 1.165) is 0 Å². The number of nitrogens with zero attached hydrogens (tertiary/aromatic N) is 3. The van der Waals surface area contributed by atoms with Gasteiger partial charge in [0.15, 0.2) is 6.04 Å². The number of amides is 2. The number of hydrogen-bond acceptors (Lipinski definition) is 7. The molecule has 9 nitrogen and oxygen atoms in total. The fourth-order valence-corrected chi connectivity index (χ4v) is 3.98. The molecule has 0 bridgehead atoms. The van der Waals surface area contributed by atoms with E-state index in [0.29, 0.717) is 37.6 Å². The van der Waals surface area contributed by atoms with Crippen LogP contribution >= 0.6 is 0 Å². The number of hydrogen-bond donors (Lipinski definition) is 1. The second-order valence-corrected chi connectivity index (χ2v) is 8.13. The number of ether oxygens (including phenoxy) is 2. The maximum atomic E-state index is 13.9. The first kappa shape index (κ1) is 21.4. The number of halogens is 1. The number of carbonyl (C=O) groups excluding carboxylic acids is 3. The van der Waals surface area contributed by atoms with Gasteiger partial charge in [-0.1, -0.05) is 6.07 Å². The first-order valence-corrected chi connectivity index (χ1v) is 10.2. The number of amidine groups is 1. The van der Waals surface area contributed by atoms with E-state index in [1.807, 2.05) is 4.90 Å². The normalized spacial score (nSPS) is 23.3. The molecule has 1 atom stereocenters. The van der Waals surface area contributed by atoms with Crippen LogP contribution in [0.25, 0.3) is 0 Å². The zero-order chi connectivity index (χ0) is 22.2. The maximum Gasteiger partial charge on any atom is 0.298 e. The summed E-state index contributed by atoms with van der Waals surface area (Å²) < 4.78 is 24.9. The first-order chi connectivity index (χ1) is 14.8. The highest BCUT2D eigenvalue weighted by Crippen LogP contribution is 2.25. The summed E-state index contributed by atoms with van der Waals surface area (Å²) in [5.41, 5.74) is 0.476. The third kappa shape index (κ3) is 4.17. The van der Waals surface area contributed by atoms with Gasteiger partial charge in [-0.05, 0) is 31.5 Å². The van der Waals surface area contributed by atoms with Gasteiger partial charge in [-0.15, -0.1) is 0 Å². The van der Waals surface area contributed by atoms with Crippen LogP contribution in [-0.4, -0.2) is 79.4 Å². The average molecular weight is 432 g/mol. The summed E-state index contributed by atoms with van der Waals surface area (Å²) in [5.74, 6) is -2.40. The Bertz CT molecular complexity index is 942. The second kappa shape index (κ2) is 8.35. The Balaban J connectivity index is 1.53. The number of nitrogens with one attached hydrogen (secondary N) is 1. The van der Waals surface area contributed by atoms with Gasteiger partial charge < -0.3 is 19.7 Å². The number of ketones is 1. The van der Waals surface area contributed by atoms with E-state index < -0.39 is 29.2 Å². The number of Topliss-reactive ketones (excluding diaryl/α,β-unsaturated/α-hetero) is 1. The lowest BCUT2D eigenvalue weighted by atomic mass is 9.99. The number of morpholine rings is 2. The quantitative estimate of drug-likeness (QED) is 0.541. The van der Waals surface area contributed by atoms with E-state index in [-0.39, 0.29) is 31.3 Å². The van der Waals surface area contributed by atoms with Gasteiger partial charge in [0.25, 0.3) is 17.6 Å². The van der Waals surface area contributed by atoms with Gasteiger partial charge in [-0.3, -0.25) is 19.3 Å². The van der Waals surface area contributed by atoms with Crippen LogP contribution in [0.2, 0.25) is 0 Å². The van der Waals surface area contributed by atoms with E-state index in [1.54, 1.807) is 19.9 Å². The van der Waals surface area contributed by atoms with Crippen molar-refractivity contribution in [2.75, 3.05) is 44.4 Å². The molecule has 0 saturated carbocycles. The highest BCUT2D eigenvalue weighted by molar-refractivity contribution is 6.46. The number of rotatable bonds is 4. The molecule has 2 saturated heterocycles. The fourth-order valence-electron chi connectivity index (χ4n) is 3.98. The van der Waals surface area contributed by atoms with Gasteiger partial charge in [-0.25, -0.2) is 9.38 Å². The van der Waals surface area contributed by atoms with Crippen LogP contribution in [0, 0.1) is 5.82 Å². The Morgan fingerprint density at radius 3 is 2.71 bits per heavy atom. The zero-order valence-electron chi connectivity index (χ0n) is 17.5. The van der Waals surface area contributed by atoms with Crippen LogP contribution in [-0.2, 0) is 30.4 Å². The zero-order valence-corrected chi connectivity index (χ0v) is 17.5. The molecule has 3 aliphatic rings. The molecular weight excluding hydrogens is 407 g/mol. The summed E-state index contributed by atoms with van der Waals surface area (Å²) in [6, 6.07) is 2.87. The van der Waals surface area contributed by atoms with Crippen molar-refractivity contribution in [2.45, 2.75) is 32.0 Å². The number of aliphatic imine (C=N–C) groups is 1. The molecule has 31 heavy (non-hydrogen) atoms. The van der Waals surface area contributed by atoms with Crippen LogP contribution in [0.3, 0.4) is 0 Å². The lowest BCUT2D eigenvalue weighted by Crippen LogP contribution is -2.62. The van der Waals surface area contributed by atoms with Crippen molar-refractivity contribution in [3.05, 3.63) is 29.6 Å². The van der Waals surface area contributed by atoms with Crippen molar-refractivity contribution in [3.63, 3.8) is 0 Å². The van der Waals surface area contributed by atoms with Gasteiger partial charge in [0.2, 0.25) is 0 Å². The molecule has 0 spiro atoms. The Labute approximate surface area is 179 Å². The summed E-state index contributed by atoms with van der Waals surface area (Å²) in [6.07, 6.45) is 0. The molecule has 3 aliphatic heterocycles. The molecule has 0 aromatic heterocycles. The minimum Gasteiger partial charge on any atom is -0.378 e. The lowest BCUT2D eigenvalue weighted by molar-refractivity contribution is -0.148. The molecule has 2 amide bonds. The van der Waals surface area contributed by atoms with E-state index in [4.69, 9.17) is 9.47 Å². The number of anilines is 1. The van der Waals surface area contributed by atoms with Crippen LogP contribution in [0.5, 0.6) is 0 Å². The monoisotopic (exact) mass is 432 g/mol. The van der Waals surface area contributed by atoms with Crippen molar-refractivity contribution in [3.8, 4) is 0 Å². The molecule has 1 N–H and O–H groups in total.